The number of aromatic nitrogens is 2. The van der Waals surface area contributed by atoms with Crippen LogP contribution in [0.3, 0.4) is 0 Å². The summed E-state index contributed by atoms with van der Waals surface area (Å²) in [5, 5.41) is 4.93. The molecule has 0 aliphatic rings. The van der Waals surface area contributed by atoms with Crippen molar-refractivity contribution in [1.29, 1.82) is 0 Å². The maximum atomic E-state index is 6.10. The summed E-state index contributed by atoms with van der Waals surface area (Å²) in [7, 11) is 1.87. The number of hydrogen-bond donors (Lipinski definition) is 1. The van der Waals surface area contributed by atoms with Gasteiger partial charge in [-0.05, 0) is 39.7 Å². The number of aryl methyl sites for hydroxylation is 1. The van der Waals surface area contributed by atoms with Gasteiger partial charge in [0.2, 0.25) is 0 Å². The molecule has 0 fully saturated rings. The van der Waals surface area contributed by atoms with E-state index in [1.807, 2.05) is 37.5 Å². The number of rotatable bonds is 2. The van der Waals surface area contributed by atoms with Gasteiger partial charge < -0.3 is 5.73 Å². The molecule has 2 N–H and O–H groups in total. The molecule has 1 atom stereocenters. The highest BCUT2D eigenvalue weighted by Crippen LogP contribution is 2.27. The SMILES string of the molecule is Cn1ccc(C(N)c2ccc(Br)c(Cl)c2)n1. The smallest absolute Gasteiger partial charge is 0.0837 e. The standard InChI is InChI=1S/C11H11BrClN3/c1-16-5-4-10(15-16)11(14)7-2-3-8(12)9(13)6-7/h2-6,11H,14H2,1H3. The zero-order valence-corrected chi connectivity index (χ0v) is 11.0. The fourth-order valence-corrected chi connectivity index (χ4v) is 1.91. The Kier molecular flexibility index (Phi) is 3.33. The van der Waals surface area contributed by atoms with Crippen molar-refractivity contribution in [2.24, 2.45) is 12.8 Å². The van der Waals surface area contributed by atoms with Crippen molar-refractivity contribution in [3.63, 3.8) is 0 Å². The first-order chi connectivity index (χ1) is 7.58. The molecule has 1 aromatic heterocycles. The van der Waals surface area contributed by atoms with Gasteiger partial charge in [0.1, 0.15) is 0 Å². The molecule has 1 aromatic carbocycles. The zero-order chi connectivity index (χ0) is 11.7. The van der Waals surface area contributed by atoms with Gasteiger partial charge in [0.15, 0.2) is 0 Å². The second kappa shape index (κ2) is 4.57. The summed E-state index contributed by atoms with van der Waals surface area (Å²) in [4.78, 5) is 0. The molecule has 3 nitrogen and oxygen atoms in total. The van der Waals surface area contributed by atoms with Crippen molar-refractivity contribution in [2.45, 2.75) is 6.04 Å². The lowest BCUT2D eigenvalue weighted by molar-refractivity contribution is 0.716. The van der Waals surface area contributed by atoms with Crippen LogP contribution in [0.15, 0.2) is 34.9 Å². The van der Waals surface area contributed by atoms with Crippen LogP contribution in [0.4, 0.5) is 0 Å². The van der Waals surface area contributed by atoms with E-state index >= 15 is 0 Å². The Morgan fingerprint density at radius 2 is 2.19 bits per heavy atom. The minimum absolute atomic E-state index is 0.244. The van der Waals surface area contributed by atoms with Crippen LogP contribution >= 0.6 is 27.5 Å². The molecule has 0 bridgehead atoms. The minimum Gasteiger partial charge on any atom is -0.319 e. The van der Waals surface area contributed by atoms with Gasteiger partial charge >= 0.3 is 0 Å². The summed E-state index contributed by atoms with van der Waals surface area (Å²) in [6.07, 6.45) is 1.87. The summed E-state index contributed by atoms with van der Waals surface area (Å²) in [6, 6.07) is 7.34. The summed E-state index contributed by atoms with van der Waals surface area (Å²) >= 11 is 9.37. The van der Waals surface area contributed by atoms with Crippen LogP contribution in [0.2, 0.25) is 5.02 Å². The average molecular weight is 301 g/mol. The number of nitrogens with zero attached hydrogens (tertiary/aromatic N) is 2. The average Bonchev–Trinajstić information content (AvgIpc) is 2.68. The monoisotopic (exact) mass is 299 g/mol. The summed E-state index contributed by atoms with van der Waals surface area (Å²) < 4.78 is 2.60. The lowest BCUT2D eigenvalue weighted by Gasteiger charge is -2.10. The Hall–Kier alpha value is -0.840. The molecule has 0 aliphatic heterocycles. The Balaban J connectivity index is 2.33. The van der Waals surface area contributed by atoms with Crippen molar-refractivity contribution < 1.29 is 0 Å². The molecule has 0 spiro atoms. The second-order valence-electron chi connectivity index (χ2n) is 3.57. The number of nitrogens with two attached hydrogens (primary N) is 1. The third-order valence-corrected chi connectivity index (χ3v) is 3.59. The van der Waals surface area contributed by atoms with E-state index < -0.39 is 0 Å². The molecule has 0 saturated heterocycles. The van der Waals surface area contributed by atoms with Crippen LogP contribution < -0.4 is 5.73 Å². The van der Waals surface area contributed by atoms with Crippen LogP contribution in [-0.2, 0) is 7.05 Å². The quantitative estimate of drug-likeness (QED) is 0.927. The van der Waals surface area contributed by atoms with Gasteiger partial charge in [-0.3, -0.25) is 4.68 Å². The van der Waals surface area contributed by atoms with Gasteiger partial charge in [0, 0.05) is 17.7 Å². The van der Waals surface area contributed by atoms with E-state index in [-0.39, 0.29) is 6.04 Å². The second-order valence-corrected chi connectivity index (χ2v) is 4.83. The first-order valence-corrected chi connectivity index (χ1v) is 5.95. The first kappa shape index (κ1) is 11.6. The van der Waals surface area contributed by atoms with Crippen LogP contribution in [0.25, 0.3) is 0 Å². The molecule has 16 heavy (non-hydrogen) atoms. The van der Waals surface area contributed by atoms with E-state index in [0.29, 0.717) is 5.02 Å². The molecule has 1 unspecified atom stereocenters. The highest BCUT2D eigenvalue weighted by atomic mass is 79.9. The van der Waals surface area contributed by atoms with Gasteiger partial charge in [-0.2, -0.15) is 5.10 Å². The van der Waals surface area contributed by atoms with Gasteiger partial charge in [-0.15, -0.1) is 0 Å². The molecule has 2 rings (SSSR count). The van der Waals surface area contributed by atoms with E-state index in [2.05, 4.69) is 21.0 Å². The molecule has 84 valence electrons. The van der Waals surface area contributed by atoms with Crippen LogP contribution in [-0.4, -0.2) is 9.78 Å². The molecular formula is C11H11BrClN3. The molecule has 0 aliphatic carbocycles. The van der Waals surface area contributed by atoms with Gasteiger partial charge in [-0.1, -0.05) is 17.7 Å². The highest BCUT2D eigenvalue weighted by molar-refractivity contribution is 9.10. The maximum Gasteiger partial charge on any atom is 0.0837 e. The zero-order valence-electron chi connectivity index (χ0n) is 8.69. The minimum atomic E-state index is -0.244. The molecule has 5 heteroatoms. The third-order valence-electron chi connectivity index (χ3n) is 2.36. The first-order valence-electron chi connectivity index (χ1n) is 4.78. The number of benzene rings is 1. The molecular weight excluding hydrogens is 289 g/mol. The number of halogens is 2. The molecule has 0 amide bonds. The lowest BCUT2D eigenvalue weighted by atomic mass is 10.1. The highest BCUT2D eigenvalue weighted by Gasteiger charge is 2.12. The van der Waals surface area contributed by atoms with Crippen molar-refractivity contribution >= 4 is 27.5 Å². The van der Waals surface area contributed by atoms with Crippen LogP contribution in [0.1, 0.15) is 17.3 Å². The Morgan fingerprint density at radius 1 is 1.44 bits per heavy atom. The topological polar surface area (TPSA) is 43.8 Å². The van der Waals surface area contributed by atoms with E-state index in [4.69, 9.17) is 17.3 Å². The van der Waals surface area contributed by atoms with Gasteiger partial charge in [0.25, 0.3) is 0 Å². The normalized spacial score (nSPS) is 12.8. The third kappa shape index (κ3) is 2.29. The fourth-order valence-electron chi connectivity index (χ4n) is 1.48. The van der Waals surface area contributed by atoms with E-state index in [1.54, 1.807) is 4.68 Å². The van der Waals surface area contributed by atoms with Crippen molar-refractivity contribution in [1.82, 2.24) is 9.78 Å². The van der Waals surface area contributed by atoms with Crippen LogP contribution in [0, 0.1) is 0 Å². The number of hydrogen-bond acceptors (Lipinski definition) is 2. The van der Waals surface area contributed by atoms with Crippen molar-refractivity contribution in [3.8, 4) is 0 Å². The summed E-state index contributed by atoms with van der Waals surface area (Å²) in [6.45, 7) is 0. The molecule has 0 radical (unpaired) electrons. The largest absolute Gasteiger partial charge is 0.319 e. The van der Waals surface area contributed by atoms with Gasteiger partial charge in [-0.25, -0.2) is 0 Å². The molecule has 0 saturated carbocycles. The van der Waals surface area contributed by atoms with E-state index in [0.717, 1.165) is 15.7 Å². The summed E-state index contributed by atoms with van der Waals surface area (Å²) in [5.41, 5.74) is 7.88. The predicted octanol–water partition coefficient (Wildman–Crippen LogP) is 2.88. The van der Waals surface area contributed by atoms with E-state index in [9.17, 15) is 0 Å². The Bertz CT molecular complexity index is 510. The van der Waals surface area contributed by atoms with Crippen molar-refractivity contribution in [3.05, 3.63) is 51.2 Å². The Morgan fingerprint density at radius 3 is 2.75 bits per heavy atom. The van der Waals surface area contributed by atoms with Crippen molar-refractivity contribution in [2.75, 3.05) is 0 Å². The summed E-state index contributed by atoms with van der Waals surface area (Å²) in [5.74, 6) is 0. The maximum absolute atomic E-state index is 6.10. The molecule has 1 heterocycles. The van der Waals surface area contributed by atoms with E-state index in [1.165, 1.54) is 0 Å². The van der Waals surface area contributed by atoms with Crippen LogP contribution in [0.5, 0.6) is 0 Å². The Labute approximate surface area is 107 Å². The molecule has 2 aromatic rings. The van der Waals surface area contributed by atoms with Gasteiger partial charge in [0.05, 0.1) is 16.8 Å². The fraction of sp³-hybridized carbons (Fsp3) is 0.182. The predicted molar refractivity (Wildman–Crippen MR) is 68.4 cm³/mol. The lowest BCUT2D eigenvalue weighted by Crippen LogP contribution is -2.12.